The zero-order valence-electron chi connectivity index (χ0n) is 29.5. The number of aliphatic hydroxyl groups excluding tert-OH is 3. The van der Waals surface area contributed by atoms with E-state index in [0.717, 1.165) is 11.1 Å². The van der Waals surface area contributed by atoms with E-state index < -0.39 is 54.1 Å². The lowest BCUT2D eigenvalue weighted by molar-refractivity contribution is -0.338. The first-order valence-electron chi connectivity index (χ1n) is 16.3. The van der Waals surface area contributed by atoms with E-state index in [2.05, 4.69) is 0 Å². The number of hydrogen-bond acceptors (Lipinski definition) is 9. The third-order valence-electron chi connectivity index (χ3n) is 9.81. The topological polar surface area (TPSA) is 124 Å². The highest BCUT2D eigenvalue weighted by molar-refractivity contribution is 5.87. The van der Waals surface area contributed by atoms with Crippen LogP contribution in [-0.4, -0.2) is 85.0 Å². The Hall–Kier alpha value is -2.01. The molecule has 0 amide bonds. The largest absolute Gasteiger partial charge is 0.490 e. The number of allylic oxidation sites excluding steroid dienone is 5. The van der Waals surface area contributed by atoms with Crippen LogP contribution in [-0.2, 0) is 28.5 Å². The summed E-state index contributed by atoms with van der Waals surface area (Å²) in [5.74, 6) is -3.38. The molecule has 2 aliphatic rings. The molecule has 0 radical (unpaired) electrons. The van der Waals surface area contributed by atoms with E-state index in [4.69, 9.17) is 23.7 Å². The molecule has 2 heterocycles. The van der Waals surface area contributed by atoms with Gasteiger partial charge in [-0.15, -0.1) is 0 Å². The quantitative estimate of drug-likeness (QED) is 0.303. The van der Waals surface area contributed by atoms with Crippen molar-refractivity contribution < 1.29 is 43.8 Å². The normalized spacial score (nSPS) is 40.5. The minimum absolute atomic E-state index is 0.00647. The minimum atomic E-state index is -1.26. The lowest BCUT2D eigenvalue weighted by Crippen LogP contribution is -2.60. The molecule has 1 saturated heterocycles. The number of hydrogen-bond donors (Lipinski definition) is 3. The molecule has 2 rings (SSSR count). The van der Waals surface area contributed by atoms with Crippen LogP contribution in [0.25, 0.3) is 0 Å². The number of esters is 1. The first-order chi connectivity index (χ1) is 21.0. The summed E-state index contributed by atoms with van der Waals surface area (Å²) >= 11 is 0. The van der Waals surface area contributed by atoms with Crippen LogP contribution in [0.1, 0.15) is 75.2 Å². The number of carbonyl (C=O) groups excluding carboxylic acids is 1. The summed E-state index contributed by atoms with van der Waals surface area (Å²) in [6.45, 7) is 17.5. The molecule has 9 heteroatoms. The van der Waals surface area contributed by atoms with Crippen LogP contribution < -0.4 is 0 Å². The Morgan fingerprint density at radius 1 is 1.02 bits per heavy atom. The van der Waals surface area contributed by atoms with Crippen molar-refractivity contribution in [3.05, 3.63) is 47.3 Å². The second-order valence-corrected chi connectivity index (χ2v) is 13.7. The molecule has 0 bridgehead atoms. The average Bonchev–Trinajstić information content (AvgIpc) is 2.99. The molecule has 2 aliphatic heterocycles. The van der Waals surface area contributed by atoms with E-state index >= 15 is 0 Å². The molecule has 3 N–H and O–H groups in total. The van der Waals surface area contributed by atoms with Gasteiger partial charge < -0.3 is 39.0 Å². The summed E-state index contributed by atoms with van der Waals surface area (Å²) in [4.78, 5) is 13.6. The maximum Gasteiger partial charge on any atom is 0.373 e. The summed E-state index contributed by atoms with van der Waals surface area (Å²) in [6, 6.07) is 0. The summed E-state index contributed by atoms with van der Waals surface area (Å²) in [6.07, 6.45) is 5.75. The molecule has 12 atom stereocenters. The zero-order chi connectivity index (χ0) is 34.2. The van der Waals surface area contributed by atoms with Gasteiger partial charge in [0.15, 0.2) is 5.79 Å². The first-order valence-corrected chi connectivity index (χ1v) is 16.3. The number of ether oxygens (including phenoxy) is 5. The lowest BCUT2D eigenvalue weighted by atomic mass is 9.76. The molecule has 0 aliphatic carbocycles. The monoisotopic (exact) mass is 636 g/mol. The Morgan fingerprint density at radius 2 is 1.67 bits per heavy atom. The van der Waals surface area contributed by atoms with Crippen LogP contribution >= 0.6 is 0 Å². The SMILES string of the molecule is CO/C1=C\C(C)=C\C(C)C(O)C(C)C/C(C)=C/C=C/C(OC)C(C(C)C(O)C(C)C2(OC)CC(O)C(C)C(C(C)C)O2)OC1=O. The van der Waals surface area contributed by atoms with Crippen molar-refractivity contribution in [3.63, 3.8) is 0 Å². The molecular weight excluding hydrogens is 576 g/mol. The Bertz CT molecular complexity index is 1080. The van der Waals surface area contributed by atoms with Gasteiger partial charge in [-0.3, -0.25) is 0 Å². The highest BCUT2D eigenvalue weighted by Gasteiger charge is 2.53. The second kappa shape index (κ2) is 17.2. The molecule has 1 fully saturated rings. The lowest BCUT2D eigenvalue weighted by Gasteiger charge is -2.51. The summed E-state index contributed by atoms with van der Waals surface area (Å²) in [5.41, 5.74) is 1.82. The predicted molar refractivity (Wildman–Crippen MR) is 175 cm³/mol. The van der Waals surface area contributed by atoms with Crippen molar-refractivity contribution >= 4 is 5.97 Å². The molecule has 45 heavy (non-hydrogen) atoms. The van der Waals surface area contributed by atoms with Crippen LogP contribution in [0.15, 0.2) is 47.3 Å². The van der Waals surface area contributed by atoms with Gasteiger partial charge in [0.2, 0.25) is 5.76 Å². The molecule has 258 valence electrons. The van der Waals surface area contributed by atoms with E-state index in [1.54, 1.807) is 19.1 Å². The summed E-state index contributed by atoms with van der Waals surface area (Å²) < 4.78 is 29.9. The maximum absolute atomic E-state index is 13.6. The molecular formula is C36H60O9. The van der Waals surface area contributed by atoms with Crippen molar-refractivity contribution in [2.45, 2.75) is 118 Å². The number of aliphatic hydroxyl groups is 3. The Morgan fingerprint density at radius 3 is 2.22 bits per heavy atom. The van der Waals surface area contributed by atoms with Gasteiger partial charge in [-0.05, 0) is 38.2 Å². The van der Waals surface area contributed by atoms with Crippen LogP contribution in [0.3, 0.4) is 0 Å². The third-order valence-corrected chi connectivity index (χ3v) is 9.81. The highest BCUT2D eigenvalue weighted by atomic mass is 16.7. The molecule has 0 saturated carbocycles. The van der Waals surface area contributed by atoms with E-state index in [1.165, 1.54) is 21.3 Å². The van der Waals surface area contributed by atoms with Crippen LogP contribution in [0.2, 0.25) is 0 Å². The number of rotatable bonds is 8. The first kappa shape index (κ1) is 39.2. The molecule has 0 aromatic heterocycles. The van der Waals surface area contributed by atoms with E-state index in [0.29, 0.717) is 6.42 Å². The van der Waals surface area contributed by atoms with Crippen molar-refractivity contribution in [2.75, 3.05) is 21.3 Å². The smallest absolute Gasteiger partial charge is 0.373 e. The van der Waals surface area contributed by atoms with E-state index in [-0.39, 0.29) is 42.0 Å². The van der Waals surface area contributed by atoms with Gasteiger partial charge >= 0.3 is 5.97 Å². The average molecular weight is 637 g/mol. The Labute approximate surface area is 271 Å². The number of cyclic esters (lactones) is 1. The van der Waals surface area contributed by atoms with Crippen LogP contribution in [0, 0.1) is 35.5 Å². The minimum Gasteiger partial charge on any atom is -0.490 e. The van der Waals surface area contributed by atoms with Crippen molar-refractivity contribution in [3.8, 4) is 0 Å². The van der Waals surface area contributed by atoms with E-state index in [9.17, 15) is 20.1 Å². The molecule has 9 nitrogen and oxygen atoms in total. The van der Waals surface area contributed by atoms with Gasteiger partial charge in [0.25, 0.3) is 0 Å². The molecule has 0 spiro atoms. The fourth-order valence-electron chi connectivity index (χ4n) is 6.84. The van der Waals surface area contributed by atoms with Crippen molar-refractivity contribution in [1.29, 1.82) is 0 Å². The number of methoxy groups -OCH3 is 3. The fraction of sp³-hybridized carbons (Fsp3) is 0.750. The van der Waals surface area contributed by atoms with Gasteiger partial charge in [0.05, 0.1) is 31.5 Å². The van der Waals surface area contributed by atoms with Crippen LogP contribution in [0.5, 0.6) is 0 Å². The molecule has 0 aromatic rings. The van der Waals surface area contributed by atoms with Crippen molar-refractivity contribution in [2.24, 2.45) is 35.5 Å². The van der Waals surface area contributed by atoms with Gasteiger partial charge in [-0.2, -0.15) is 0 Å². The standard InChI is InChI=1S/C36H60O9/c1-20(2)33-25(7)28(37)19-36(43-12,45-33)27(9)32(39)26(8)34-29(41-10)15-13-14-21(3)16-23(5)31(38)24(6)17-22(4)18-30(42-11)35(40)44-34/h13-15,17-18,20,23-29,31-34,37-39H,16,19H2,1-12H3/b15-13+,21-14+,22-17+,30-18-. The van der Waals surface area contributed by atoms with Gasteiger partial charge in [0, 0.05) is 44.3 Å². The Kier molecular flexibility index (Phi) is 15.0. The molecule has 0 aromatic carbocycles. The summed E-state index contributed by atoms with van der Waals surface area (Å²) in [5, 5.41) is 33.8. The predicted octanol–water partition coefficient (Wildman–Crippen LogP) is 5.35. The highest BCUT2D eigenvalue weighted by Crippen LogP contribution is 2.43. The molecule has 12 unspecified atom stereocenters. The van der Waals surface area contributed by atoms with Gasteiger partial charge in [0.1, 0.15) is 12.2 Å². The van der Waals surface area contributed by atoms with Crippen molar-refractivity contribution in [1.82, 2.24) is 0 Å². The van der Waals surface area contributed by atoms with Gasteiger partial charge in [-0.25, -0.2) is 4.79 Å². The second-order valence-electron chi connectivity index (χ2n) is 13.7. The Balaban J connectivity index is 2.56. The third kappa shape index (κ3) is 9.75. The van der Waals surface area contributed by atoms with Gasteiger partial charge in [-0.1, -0.05) is 83.9 Å². The number of carbonyl (C=O) groups is 1. The van der Waals surface area contributed by atoms with E-state index in [1.807, 2.05) is 73.6 Å². The van der Waals surface area contributed by atoms with Crippen LogP contribution in [0.4, 0.5) is 0 Å². The summed E-state index contributed by atoms with van der Waals surface area (Å²) in [7, 11) is 4.46. The zero-order valence-corrected chi connectivity index (χ0v) is 29.5. The fourth-order valence-corrected chi connectivity index (χ4v) is 6.84. The maximum atomic E-state index is 13.6.